The molecule has 2 aromatic rings. The van der Waals surface area contributed by atoms with Crippen molar-refractivity contribution in [2.75, 3.05) is 5.75 Å². The number of carboxylic acid groups (broad SMARTS) is 1. The van der Waals surface area contributed by atoms with E-state index in [4.69, 9.17) is 5.11 Å². The van der Waals surface area contributed by atoms with Crippen LogP contribution in [-0.2, 0) is 28.7 Å². The van der Waals surface area contributed by atoms with Crippen molar-refractivity contribution < 1.29 is 18.9 Å². The van der Waals surface area contributed by atoms with Crippen molar-refractivity contribution in [3.05, 3.63) is 41.7 Å². The van der Waals surface area contributed by atoms with E-state index in [0.29, 0.717) is 21.9 Å². The molecule has 0 radical (unpaired) electrons. The molecule has 2 rings (SSSR count). The lowest BCUT2D eigenvalue weighted by Crippen LogP contribution is -2.24. The number of carbonyl (C=O) groups is 2. The lowest BCUT2D eigenvalue weighted by Gasteiger charge is -2.08. The Bertz CT molecular complexity index is 744. The number of carbonyl (C=O) groups excluding carboxylic acids is 1. The number of aromatic nitrogens is 3. The Morgan fingerprint density at radius 3 is 2.78 bits per heavy atom. The second kappa shape index (κ2) is 7.63. The summed E-state index contributed by atoms with van der Waals surface area (Å²) in [7, 11) is -1.23. The van der Waals surface area contributed by atoms with Gasteiger partial charge in [0.15, 0.2) is 0 Å². The smallest absolute Gasteiger partial charge is 0.325 e. The molecule has 0 spiro atoms. The van der Waals surface area contributed by atoms with E-state index in [0.717, 1.165) is 0 Å². The van der Waals surface area contributed by atoms with Crippen LogP contribution in [0.15, 0.2) is 35.4 Å². The molecule has 0 aliphatic rings. The van der Waals surface area contributed by atoms with Crippen molar-refractivity contribution in [2.45, 2.75) is 24.9 Å². The van der Waals surface area contributed by atoms with Gasteiger partial charge in [0.05, 0.1) is 34.0 Å². The van der Waals surface area contributed by atoms with E-state index >= 15 is 0 Å². The van der Waals surface area contributed by atoms with Gasteiger partial charge in [0, 0.05) is 5.75 Å². The predicted octanol–water partition coefficient (Wildman–Crippen LogP) is 0.420. The maximum Gasteiger partial charge on any atom is 0.325 e. The average Bonchev–Trinajstić information content (AvgIpc) is 2.98. The highest BCUT2D eigenvalue weighted by Gasteiger charge is 2.15. The van der Waals surface area contributed by atoms with Crippen LogP contribution < -0.4 is 5.32 Å². The third-order valence-electron chi connectivity index (χ3n) is 2.95. The molecule has 2 N–H and O–H groups in total. The zero-order chi connectivity index (χ0) is 16.8. The predicted molar refractivity (Wildman–Crippen MR) is 82.2 cm³/mol. The van der Waals surface area contributed by atoms with Crippen LogP contribution in [0.3, 0.4) is 0 Å². The molecule has 122 valence electrons. The third kappa shape index (κ3) is 4.46. The topological polar surface area (TPSA) is 114 Å². The summed E-state index contributed by atoms with van der Waals surface area (Å²) in [6.45, 7) is 1.59. The number of hydrogen-bond acceptors (Lipinski definition) is 5. The minimum absolute atomic E-state index is 0.103. The first kappa shape index (κ1) is 16.8. The van der Waals surface area contributed by atoms with E-state index in [1.54, 1.807) is 31.2 Å². The number of benzene rings is 1. The van der Waals surface area contributed by atoms with E-state index in [2.05, 4.69) is 15.6 Å². The fourth-order valence-corrected chi connectivity index (χ4v) is 2.86. The molecule has 0 aliphatic carbocycles. The molecular formula is C14H16N4O4S. The summed E-state index contributed by atoms with van der Waals surface area (Å²) in [5.41, 5.74) is 0.791. The van der Waals surface area contributed by atoms with Gasteiger partial charge in [-0.15, -0.1) is 5.10 Å². The number of nitrogens with zero attached hydrogens (tertiary/aromatic N) is 3. The second-order valence-electron chi connectivity index (χ2n) is 4.61. The number of rotatable bonds is 7. The monoisotopic (exact) mass is 336 g/mol. The molecule has 1 heterocycles. The standard InChI is InChI=1S/C14H16N4O4S/c1-2-23(22)12-6-4-3-5-11(12)14(21)15-7-10-8-18(17-16-10)9-13(19)20/h3-6,8H,2,7,9H2,1H3,(H,15,21)(H,19,20). The molecule has 0 bridgehead atoms. The van der Waals surface area contributed by atoms with Gasteiger partial charge in [0.2, 0.25) is 0 Å². The summed E-state index contributed by atoms with van der Waals surface area (Å²) in [5, 5.41) is 18.8. The van der Waals surface area contributed by atoms with E-state index in [9.17, 15) is 13.8 Å². The number of nitrogens with one attached hydrogen (secondary N) is 1. The van der Waals surface area contributed by atoms with Gasteiger partial charge in [-0.3, -0.25) is 13.8 Å². The van der Waals surface area contributed by atoms with Crippen LogP contribution in [0.4, 0.5) is 0 Å². The Balaban J connectivity index is 2.04. The van der Waals surface area contributed by atoms with Crippen LogP contribution in [0.2, 0.25) is 0 Å². The van der Waals surface area contributed by atoms with Crippen LogP contribution >= 0.6 is 0 Å². The fourth-order valence-electron chi connectivity index (χ4n) is 1.91. The Morgan fingerprint density at radius 1 is 1.35 bits per heavy atom. The summed E-state index contributed by atoms with van der Waals surface area (Å²) >= 11 is 0. The van der Waals surface area contributed by atoms with Crippen LogP contribution in [0.1, 0.15) is 23.0 Å². The first-order valence-electron chi connectivity index (χ1n) is 6.87. The fraction of sp³-hybridized carbons (Fsp3) is 0.286. The number of aliphatic carboxylic acids is 1. The van der Waals surface area contributed by atoms with E-state index < -0.39 is 16.8 Å². The zero-order valence-corrected chi connectivity index (χ0v) is 13.2. The van der Waals surface area contributed by atoms with Crippen LogP contribution in [-0.4, -0.2) is 41.9 Å². The van der Waals surface area contributed by atoms with Crippen molar-refractivity contribution in [1.29, 1.82) is 0 Å². The quantitative estimate of drug-likeness (QED) is 0.757. The molecule has 1 aromatic carbocycles. The van der Waals surface area contributed by atoms with Gasteiger partial charge in [-0.1, -0.05) is 24.3 Å². The summed E-state index contributed by atoms with van der Waals surface area (Å²) in [6, 6.07) is 6.71. The summed E-state index contributed by atoms with van der Waals surface area (Å²) in [4.78, 5) is 23.3. The van der Waals surface area contributed by atoms with E-state index in [1.807, 2.05) is 0 Å². The largest absolute Gasteiger partial charge is 0.480 e. The molecular weight excluding hydrogens is 320 g/mol. The third-order valence-corrected chi connectivity index (χ3v) is 4.32. The first-order valence-corrected chi connectivity index (χ1v) is 8.19. The Kier molecular flexibility index (Phi) is 5.58. The highest BCUT2D eigenvalue weighted by atomic mass is 32.2. The molecule has 1 unspecified atom stereocenters. The molecule has 0 saturated carbocycles. The van der Waals surface area contributed by atoms with Gasteiger partial charge >= 0.3 is 5.97 Å². The SMILES string of the molecule is CCS(=O)c1ccccc1C(=O)NCc1cn(CC(=O)O)nn1. The second-order valence-corrected chi connectivity index (χ2v) is 6.32. The van der Waals surface area contributed by atoms with Crippen LogP contribution in [0.5, 0.6) is 0 Å². The number of carboxylic acids is 1. The summed E-state index contributed by atoms with van der Waals surface area (Å²) in [5.74, 6) is -0.968. The number of hydrogen-bond donors (Lipinski definition) is 2. The van der Waals surface area contributed by atoms with Crippen molar-refractivity contribution >= 4 is 22.7 Å². The van der Waals surface area contributed by atoms with Gasteiger partial charge in [-0.2, -0.15) is 0 Å². The van der Waals surface area contributed by atoms with Gasteiger partial charge in [-0.25, -0.2) is 4.68 Å². The minimum atomic E-state index is -1.23. The van der Waals surface area contributed by atoms with E-state index in [1.165, 1.54) is 10.9 Å². The Morgan fingerprint density at radius 2 is 2.09 bits per heavy atom. The molecule has 1 aromatic heterocycles. The lowest BCUT2D eigenvalue weighted by molar-refractivity contribution is -0.137. The highest BCUT2D eigenvalue weighted by Crippen LogP contribution is 2.14. The summed E-state index contributed by atoms with van der Waals surface area (Å²) in [6.07, 6.45) is 1.45. The zero-order valence-electron chi connectivity index (χ0n) is 12.4. The molecule has 1 amide bonds. The van der Waals surface area contributed by atoms with Gasteiger partial charge in [0.25, 0.3) is 5.91 Å². The Labute approximate surface area is 135 Å². The maximum absolute atomic E-state index is 12.2. The van der Waals surface area contributed by atoms with Gasteiger partial charge < -0.3 is 10.4 Å². The Hall–Kier alpha value is -2.55. The van der Waals surface area contributed by atoms with Crippen molar-refractivity contribution in [3.8, 4) is 0 Å². The van der Waals surface area contributed by atoms with Crippen LogP contribution in [0, 0.1) is 0 Å². The van der Waals surface area contributed by atoms with Crippen LogP contribution in [0.25, 0.3) is 0 Å². The van der Waals surface area contributed by atoms with Crippen molar-refractivity contribution in [2.24, 2.45) is 0 Å². The average molecular weight is 336 g/mol. The molecule has 1 atom stereocenters. The van der Waals surface area contributed by atoms with Crippen molar-refractivity contribution in [1.82, 2.24) is 20.3 Å². The normalized spacial score (nSPS) is 11.9. The number of amides is 1. The molecule has 0 aliphatic heterocycles. The maximum atomic E-state index is 12.2. The first-order chi connectivity index (χ1) is 11.0. The molecule has 23 heavy (non-hydrogen) atoms. The van der Waals surface area contributed by atoms with Gasteiger partial charge in [0.1, 0.15) is 12.2 Å². The summed E-state index contributed by atoms with van der Waals surface area (Å²) < 4.78 is 13.1. The minimum Gasteiger partial charge on any atom is -0.480 e. The van der Waals surface area contributed by atoms with Gasteiger partial charge in [-0.05, 0) is 12.1 Å². The molecule has 8 nitrogen and oxygen atoms in total. The van der Waals surface area contributed by atoms with E-state index in [-0.39, 0.29) is 19.0 Å². The molecule has 0 saturated heterocycles. The van der Waals surface area contributed by atoms with Crippen molar-refractivity contribution in [3.63, 3.8) is 0 Å². The highest BCUT2D eigenvalue weighted by molar-refractivity contribution is 7.85. The molecule has 0 fully saturated rings. The lowest BCUT2D eigenvalue weighted by atomic mass is 10.2. The molecule has 9 heteroatoms.